The summed E-state index contributed by atoms with van der Waals surface area (Å²) in [6.07, 6.45) is 0.621. The molecule has 4 N–H and O–H groups in total. The second-order valence-corrected chi connectivity index (χ2v) is 6.30. The van der Waals surface area contributed by atoms with Gasteiger partial charge >= 0.3 is 0 Å². The Hall–Kier alpha value is -1.67. The van der Waals surface area contributed by atoms with Crippen LogP contribution in [0.25, 0.3) is 0 Å². The van der Waals surface area contributed by atoms with Crippen LogP contribution in [-0.2, 0) is 14.3 Å². The van der Waals surface area contributed by atoms with Crippen molar-refractivity contribution >= 4 is 29.1 Å². The molecule has 0 radical (unpaired) electrons. The fraction of sp³-hybridized carbons (Fsp3) is 0.500. The minimum Gasteiger partial charge on any atom is -0.383 e. The second-order valence-electron chi connectivity index (χ2n) is 5.86. The third-order valence-corrected chi connectivity index (χ3v) is 4.00. The van der Waals surface area contributed by atoms with Crippen LogP contribution in [0.15, 0.2) is 18.2 Å². The maximum atomic E-state index is 12.0. The molecule has 7 nitrogen and oxygen atoms in total. The first-order chi connectivity index (χ1) is 11.5. The molecule has 0 bridgehead atoms. The predicted molar refractivity (Wildman–Crippen MR) is 92.8 cm³/mol. The Morgan fingerprint density at radius 3 is 2.79 bits per heavy atom. The molecule has 0 spiro atoms. The molecule has 2 rings (SSSR count). The summed E-state index contributed by atoms with van der Waals surface area (Å²) in [5.41, 5.74) is 7.69. The van der Waals surface area contributed by atoms with E-state index in [0.717, 1.165) is 12.0 Å². The zero-order chi connectivity index (χ0) is 17.5. The van der Waals surface area contributed by atoms with Crippen LogP contribution in [0.5, 0.6) is 0 Å². The number of rotatable bonds is 7. The quantitative estimate of drug-likeness (QED) is 0.548. The van der Waals surface area contributed by atoms with E-state index in [1.807, 2.05) is 13.0 Å². The highest BCUT2D eigenvalue weighted by Gasteiger charge is 2.23. The van der Waals surface area contributed by atoms with Crippen molar-refractivity contribution in [2.75, 3.05) is 25.6 Å². The summed E-state index contributed by atoms with van der Waals surface area (Å²) in [5.74, 6) is -0.684. The predicted octanol–water partition coefficient (Wildman–Crippen LogP) is 0.975. The summed E-state index contributed by atoms with van der Waals surface area (Å²) in [7, 11) is 1.65. The van der Waals surface area contributed by atoms with Gasteiger partial charge in [0, 0.05) is 36.4 Å². The molecule has 24 heavy (non-hydrogen) atoms. The van der Waals surface area contributed by atoms with Crippen molar-refractivity contribution in [3.05, 3.63) is 28.8 Å². The van der Waals surface area contributed by atoms with Gasteiger partial charge in [-0.05, 0) is 31.0 Å². The van der Waals surface area contributed by atoms with E-state index in [0.29, 0.717) is 23.9 Å². The Bertz CT molecular complexity index is 597. The number of hydrogen-bond donors (Lipinski definition) is 4. The number of anilines is 1. The number of hydrogen-bond acceptors (Lipinski definition) is 5. The first-order valence-corrected chi connectivity index (χ1v) is 8.18. The van der Waals surface area contributed by atoms with Crippen LogP contribution in [0, 0.1) is 6.92 Å². The molecule has 2 unspecified atom stereocenters. The SMILES string of the molecule is COCC1CC(CNC(=O)CC(=O)Nc2cc(Cl)ccc2C)NN1. The fourth-order valence-electron chi connectivity index (χ4n) is 2.51. The van der Waals surface area contributed by atoms with E-state index in [1.54, 1.807) is 19.2 Å². The molecule has 1 aromatic rings. The van der Waals surface area contributed by atoms with E-state index >= 15 is 0 Å². The van der Waals surface area contributed by atoms with Gasteiger partial charge in [-0.25, -0.2) is 0 Å². The zero-order valence-electron chi connectivity index (χ0n) is 13.8. The minimum atomic E-state index is -0.368. The third kappa shape index (κ3) is 5.76. The highest BCUT2D eigenvalue weighted by molar-refractivity contribution is 6.31. The van der Waals surface area contributed by atoms with Crippen LogP contribution in [0.4, 0.5) is 5.69 Å². The third-order valence-electron chi connectivity index (χ3n) is 3.77. The lowest BCUT2D eigenvalue weighted by molar-refractivity contribution is -0.126. The van der Waals surface area contributed by atoms with Crippen molar-refractivity contribution < 1.29 is 14.3 Å². The molecule has 0 aromatic heterocycles. The first-order valence-electron chi connectivity index (χ1n) is 7.80. The van der Waals surface area contributed by atoms with Crippen molar-refractivity contribution in [1.29, 1.82) is 0 Å². The van der Waals surface area contributed by atoms with E-state index < -0.39 is 0 Å². The van der Waals surface area contributed by atoms with Gasteiger partial charge in [0.05, 0.1) is 6.61 Å². The lowest BCUT2D eigenvalue weighted by atomic mass is 10.1. The maximum absolute atomic E-state index is 12.0. The van der Waals surface area contributed by atoms with Gasteiger partial charge in [0.15, 0.2) is 0 Å². The number of aryl methyl sites for hydroxylation is 1. The number of methoxy groups -OCH3 is 1. The lowest BCUT2D eigenvalue weighted by Crippen LogP contribution is -2.41. The molecule has 1 saturated heterocycles. The number of amides is 2. The van der Waals surface area contributed by atoms with E-state index in [-0.39, 0.29) is 30.3 Å². The lowest BCUT2D eigenvalue weighted by Gasteiger charge is -2.12. The van der Waals surface area contributed by atoms with Crippen molar-refractivity contribution in [2.24, 2.45) is 0 Å². The number of carbonyl (C=O) groups excluding carboxylic acids is 2. The Morgan fingerprint density at radius 2 is 2.04 bits per heavy atom. The van der Waals surface area contributed by atoms with Crippen LogP contribution in [0.1, 0.15) is 18.4 Å². The average molecular weight is 355 g/mol. The summed E-state index contributed by atoms with van der Waals surface area (Å²) >= 11 is 5.91. The molecular formula is C16H23ClN4O3. The van der Waals surface area contributed by atoms with Gasteiger partial charge in [0.25, 0.3) is 0 Å². The van der Waals surface area contributed by atoms with Gasteiger partial charge in [0.1, 0.15) is 6.42 Å². The van der Waals surface area contributed by atoms with Gasteiger partial charge < -0.3 is 15.4 Å². The van der Waals surface area contributed by atoms with Crippen molar-refractivity contribution in [1.82, 2.24) is 16.2 Å². The number of halogens is 1. The molecule has 8 heteroatoms. The summed E-state index contributed by atoms with van der Waals surface area (Å²) in [5, 5.41) is 6.00. The number of ether oxygens (including phenoxy) is 1. The second kappa shape index (κ2) is 8.98. The van der Waals surface area contributed by atoms with Crippen LogP contribution >= 0.6 is 11.6 Å². The van der Waals surface area contributed by atoms with Gasteiger partial charge in [-0.15, -0.1) is 0 Å². The molecule has 1 heterocycles. The molecule has 2 amide bonds. The molecule has 1 aliphatic heterocycles. The van der Waals surface area contributed by atoms with Gasteiger partial charge in [-0.1, -0.05) is 17.7 Å². The summed E-state index contributed by atoms with van der Waals surface area (Å²) < 4.78 is 5.07. The largest absolute Gasteiger partial charge is 0.383 e. The van der Waals surface area contributed by atoms with Crippen LogP contribution in [0.3, 0.4) is 0 Å². The number of hydrazine groups is 1. The van der Waals surface area contributed by atoms with E-state index in [4.69, 9.17) is 16.3 Å². The van der Waals surface area contributed by atoms with Crippen LogP contribution in [-0.4, -0.2) is 44.2 Å². The smallest absolute Gasteiger partial charge is 0.233 e. The normalized spacial score (nSPS) is 20.0. The topological polar surface area (TPSA) is 91.5 Å². The molecule has 132 valence electrons. The first kappa shape index (κ1) is 18.7. The van der Waals surface area contributed by atoms with Crippen LogP contribution in [0.2, 0.25) is 5.02 Å². The summed E-state index contributed by atoms with van der Waals surface area (Å²) in [4.78, 5) is 23.8. The van der Waals surface area contributed by atoms with Crippen molar-refractivity contribution in [2.45, 2.75) is 31.8 Å². The molecule has 1 aliphatic rings. The molecule has 0 saturated carbocycles. The summed E-state index contributed by atoms with van der Waals surface area (Å²) in [6, 6.07) is 5.57. The van der Waals surface area contributed by atoms with E-state index in [9.17, 15) is 9.59 Å². The average Bonchev–Trinajstić information content (AvgIpc) is 2.97. The molecule has 1 fully saturated rings. The van der Waals surface area contributed by atoms with Gasteiger partial charge in [-0.2, -0.15) is 0 Å². The van der Waals surface area contributed by atoms with E-state index in [1.165, 1.54) is 0 Å². The van der Waals surface area contributed by atoms with Crippen molar-refractivity contribution in [3.63, 3.8) is 0 Å². The fourth-order valence-corrected chi connectivity index (χ4v) is 2.68. The Balaban J connectivity index is 1.72. The van der Waals surface area contributed by atoms with Gasteiger partial charge in [-0.3, -0.25) is 20.4 Å². The highest BCUT2D eigenvalue weighted by atomic mass is 35.5. The molecular weight excluding hydrogens is 332 g/mol. The highest BCUT2D eigenvalue weighted by Crippen LogP contribution is 2.20. The number of nitrogens with one attached hydrogen (secondary N) is 4. The minimum absolute atomic E-state index is 0.118. The molecule has 1 aromatic carbocycles. The standard InChI is InChI=1S/C16H23ClN4O3/c1-10-3-4-11(17)5-14(10)19-16(23)7-15(22)18-8-12-6-13(9-24-2)21-20-12/h3-5,12-13,20-21H,6-9H2,1-2H3,(H,18,22)(H,19,23). The van der Waals surface area contributed by atoms with Crippen molar-refractivity contribution in [3.8, 4) is 0 Å². The van der Waals surface area contributed by atoms with Crippen LogP contribution < -0.4 is 21.5 Å². The Labute approximate surface area is 146 Å². The molecule has 0 aliphatic carbocycles. The molecule has 2 atom stereocenters. The number of benzene rings is 1. The maximum Gasteiger partial charge on any atom is 0.233 e. The Kier molecular flexibility index (Phi) is 6.99. The summed E-state index contributed by atoms with van der Waals surface area (Å²) in [6.45, 7) is 2.93. The zero-order valence-corrected chi connectivity index (χ0v) is 14.6. The monoisotopic (exact) mass is 354 g/mol. The van der Waals surface area contributed by atoms with E-state index in [2.05, 4.69) is 21.5 Å². The number of carbonyl (C=O) groups is 2. The van der Waals surface area contributed by atoms with Gasteiger partial charge in [0.2, 0.25) is 11.8 Å². The Morgan fingerprint density at radius 1 is 1.29 bits per heavy atom.